The summed E-state index contributed by atoms with van der Waals surface area (Å²) in [5.74, 6) is 0.576. The van der Waals surface area contributed by atoms with Gasteiger partial charge < -0.3 is 15.0 Å². The van der Waals surface area contributed by atoms with Crippen molar-refractivity contribution in [2.24, 2.45) is 0 Å². The van der Waals surface area contributed by atoms with Gasteiger partial charge in [0.25, 0.3) is 0 Å². The molecule has 2 aromatic heterocycles. The predicted molar refractivity (Wildman–Crippen MR) is 75.3 cm³/mol. The van der Waals surface area contributed by atoms with Crippen molar-refractivity contribution in [1.82, 2.24) is 14.5 Å². The molecule has 0 unspecified atom stereocenters. The van der Waals surface area contributed by atoms with Crippen LogP contribution in [0.3, 0.4) is 0 Å². The maximum absolute atomic E-state index is 11.7. The van der Waals surface area contributed by atoms with E-state index in [0.29, 0.717) is 24.8 Å². The number of nitrogens with two attached hydrogens (primary N) is 1. The van der Waals surface area contributed by atoms with E-state index in [1.54, 1.807) is 13.1 Å². The van der Waals surface area contributed by atoms with Gasteiger partial charge in [-0.25, -0.2) is 9.78 Å². The number of aryl methyl sites for hydroxylation is 2. The molecule has 2 rings (SSSR count). The van der Waals surface area contributed by atoms with Crippen molar-refractivity contribution in [2.45, 2.75) is 26.8 Å². The fourth-order valence-electron chi connectivity index (χ4n) is 2.00. The lowest BCUT2D eigenvalue weighted by atomic mass is 10.2. The summed E-state index contributed by atoms with van der Waals surface area (Å²) < 4.78 is 6.75. The summed E-state index contributed by atoms with van der Waals surface area (Å²) in [7, 11) is 0. The number of aromatic nitrogens is 3. The number of anilines is 1. The van der Waals surface area contributed by atoms with Crippen molar-refractivity contribution in [1.29, 1.82) is 0 Å². The smallest absolute Gasteiger partial charge is 0.360 e. The monoisotopic (exact) mass is 274 g/mol. The molecule has 2 heterocycles. The molecule has 2 N–H and O–H groups in total. The highest BCUT2D eigenvalue weighted by Crippen LogP contribution is 2.16. The standard InChI is InChI=1S/C14H18N4O2/c1-3-20-14(19)12-13(15)18(10(2)17-12)8-6-11-5-4-7-16-9-11/h4-5,7,9H,3,6,8,15H2,1-2H3. The summed E-state index contributed by atoms with van der Waals surface area (Å²) in [5.41, 5.74) is 7.28. The number of ether oxygens (including phenoxy) is 1. The fourth-order valence-corrected chi connectivity index (χ4v) is 2.00. The summed E-state index contributed by atoms with van der Waals surface area (Å²) in [4.78, 5) is 20.0. The number of imidazole rings is 1. The molecule has 0 saturated heterocycles. The lowest BCUT2D eigenvalue weighted by molar-refractivity contribution is 0.0521. The van der Waals surface area contributed by atoms with Crippen LogP contribution in [0.25, 0.3) is 0 Å². The molecule has 0 bridgehead atoms. The second-order valence-corrected chi connectivity index (χ2v) is 4.38. The van der Waals surface area contributed by atoms with Crippen molar-refractivity contribution < 1.29 is 9.53 Å². The van der Waals surface area contributed by atoms with Crippen LogP contribution < -0.4 is 5.73 Å². The van der Waals surface area contributed by atoms with Crippen LogP contribution in [0, 0.1) is 6.92 Å². The van der Waals surface area contributed by atoms with E-state index in [4.69, 9.17) is 10.5 Å². The summed E-state index contributed by atoms with van der Waals surface area (Å²) in [6.45, 7) is 4.53. The van der Waals surface area contributed by atoms with Gasteiger partial charge in [-0.2, -0.15) is 0 Å². The van der Waals surface area contributed by atoms with Crippen LogP contribution in [-0.2, 0) is 17.7 Å². The van der Waals surface area contributed by atoms with Gasteiger partial charge in [-0.05, 0) is 31.9 Å². The Morgan fingerprint density at radius 1 is 1.50 bits per heavy atom. The van der Waals surface area contributed by atoms with E-state index in [1.165, 1.54) is 0 Å². The van der Waals surface area contributed by atoms with Gasteiger partial charge in [0.1, 0.15) is 11.6 Å². The van der Waals surface area contributed by atoms with Crippen molar-refractivity contribution in [3.05, 3.63) is 41.6 Å². The number of rotatable bonds is 5. The third-order valence-corrected chi connectivity index (χ3v) is 3.01. The number of hydrogen-bond donors (Lipinski definition) is 1. The highest BCUT2D eigenvalue weighted by atomic mass is 16.5. The molecule has 0 aromatic carbocycles. The summed E-state index contributed by atoms with van der Waals surface area (Å²) in [6, 6.07) is 3.89. The topological polar surface area (TPSA) is 83.0 Å². The number of carbonyl (C=O) groups is 1. The van der Waals surface area contributed by atoms with Crippen LogP contribution in [0.2, 0.25) is 0 Å². The Labute approximate surface area is 117 Å². The molecule has 0 aliphatic heterocycles. The number of carbonyl (C=O) groups excluding carboxylic acids is 1. The Hall–Kier alpha value is -2.37. The average molecular weight is 274 g/mol. The highest BCUT2D eigenvalue weighted by molar-refractivity contribution is 5.92. The number of nitrogens with zero attached hydrogens (tertiary/aromatic N) is 3. The third kappa shape index (κ3) is 2.96. The number of hydrogen-bond acceptors (Lipinski definition) is 5. The molecule has 0 aliphatic carbocycles. The van der Waals surface area contributed by atoms with Gasteiger partial charge in [-0.3, -0.25) is 4.98 Å². The molecule has 0 aliphatic rings. The van der Waals surface area contributed by atoms with Crippen molar-refractivity contribution in [3.8, 4) is 0 Å². The minimum atomic E-state index is -0.478. The normalized spacial score (nSPS) is 10.5. The quantitative estimate of drug-likeness (QED) is 0.837. The molecular weight excluding hydrogens is 256 g/mol. The van der Waals surface area contributed by atoms with E-state index in [1.807, 2.05) is 29.8 Å². The minimum Gasteiger partial charge on any atom is -0.461 e. The summed E-state index contributed by atoms with van der Waals surface area (Å²) in [6.07, 6.45) is 4.32. The SMILES string of the molecule is CCOC(=O)c1nc(C)n(CCc2cccnc2)c1N. The van der Waals surface area contributed by atoms with Crippen LogP contribution in [-0.4, -0.2) is 27.1 Å². The number of nitrogen functional groups attached to an aromatic ring is 1. The lowest BCUT2D eigenvalue weighted by Crippen LogP contribution is -2.11. The Bertz CT molecular complexity index is 593. The molecule has 0 spiro atoms. The highest BCUT2D eigenvalue weighted by Gasteiger charge is 2.19. The molecule has 0 amide bonds. The van der Waals surface area contributed by atoms with E-state index in [-0.39, 0.29) is 5.69 Å². The van der Waals surface area contributed by atoms with Crippen molar-refractivity contribution in [2.75, 3.05) is 12.3 Å². The maximum Gasteiger partial charge on any atom is 0.360 e. The molecule has 6 nitrogen and oxygen atoms in total. The van der Waals surface area contributed by atoms with Gasteiger partial charge in [-0.1, -0.05) is 6.07 Å². The predicted octanol–water partition coefficient (Wildman–Crippen LogP) is 1.59. The molecule has 2 aromatic rings. The van der Waals surface area contributed by atoms with Crippen molar-refractivity contribution >= 4 is 11.8 Å². The van der Waals surface area contributed by atoms with E-state index < -0.39 is 5.97 Å². The average Bonchev–Trinajstić information content (AvgIpc) is 2.73. The van der Waals surface area contributed by atoms with Crippen LogP contribution >= 0.6 is 0 Å². The first-order valence-electron chi connectivity index (χ1n) is 6.52. The second-order valence-electron chi connectivity index (χ2n) is 4.38. The zero-order valence-electron chi connectivity index (χ0n) is 11.7. The Morgan fingerprint density at radius 3 is 2.95 bits per heavy atom. The van der Waals surface area contributed by atoms with Gasteiger partial charge >= 0.3 is 5.97 Å². The molecule has 0 atom stereocenters. The second kappa shape index (κ2) is 6.18. The summed E-state index contributed by atoms with van der Waals surface area (Å²) >= 11 is 0. The Kier molecular flexibility index (Phi) is 4.34. The number of esters is 1. The molecule has 106 valence electrons. The third-order valence-electron chi connectivity index (χ3n) is 3.01. The van der Waals surface area contributed by atoms with Crippen LogP contribution in [0.15, 0.2) is 24.5 Å². The largest absolute Gasteiger partial charge is 0.461 e. The van der Waals surface area contributed by atoms with Crippen LogP contribution in [0.4, 0.5) is 5.82 Å². The first-order valence-corrected chi connectivity index (χ1v) is 6.52. The van der Waals surface area contributed by atoms with E-state index in [9.17, 15) is 4.79 Å². The molecule has 0 radical (unpaired) electrons. The fraction of sp³-hybridized carbons (Fsp3) is 0.357. The van der Waals surface area contributed by atoms with E-state index in [0.717, 1.165) is 12.0 Å². The van der Waals surface area contributed by atoms with E-state index >= 15 is 0 Å². The Morgan fingerprint density at radius 2 is 2.30 bits per heavy atom. The van der Waals surface area contributed by atoms with Gasteiger partial charge in [-0.15, -0.1) is 0 Å². The van der Waals surface area contributed by atoms with Gasteiger partial charge in [0, 0.05) is 18.9 Å². The minimum absolute atomic E-state index is 0.190. The lowest BCUT2D eigenvalue weighted by Gasteiger charge is -2.07. The first-order chi connectivity index (χ1) is 9.63. The van der Waals surface area contributed by atoms with Crippen LogP contribution in [0.5, 0.6) is 0 Å². The molecule has 6 heteroatoms. The van der Waals surface area contributed by atoms with Gasteiger partial charge in [0.05, 0.1) is 6.61 Å². The first kappa shape index (κ1) is 14.0. The van der Waals surface area contributed by atoms with Gasteiger partial charge in [0.15, 0.2) is 5.69 Å². The van der Waals surface area contributed by atoms with Crippen molar-refractivity contribution in [3.63, 3.8) is 0 Å². The molecule has 0 fully saturated rings. The summed E-state index contributed by atoms with van der Waals surface area (Å²) in [5, 5.41) is 0. The molecular formula is C14H18N4O2. The Balaban J connectivity index is 2.14. The molecule has 20 heavy (non-hydrogen) atoms. The maximum atomic E-state index is 11.7. The number of pyridine rings is 1. The van der Waals surface area contributed by atoms with Crippen LogP contribution in [0.1, 0.15) is 28.8 Å². The zero-order chi connectivity index (χ0) is 14.5. The molecule has 0 saturated carbocycles. The van der Waals surface area contributed by atoms with Gasteiger partial charge in [0.2, 0.25) is 0 Å². The van der Waals surface area contributed by atoms with E-state index in [2.05, 4.69) is 9.97 Å². The zero-order valence-corrected chi connectivity index (χ0v) is 11.7.